The zero-order valence-electron chi connectivity index (χ0n) is 12.1. The Kier molecular flexibility index (Phi) is 11.5. The molecule has 0 aliphatic heterocycles. The van der Waals surface area contributed by atoms with Gasteiger partial charge in [0.15, 0.2) is 0 Å². The second kappa shape index (κ2) is 11.9. The maximum absolute atomic E-state index is 6.98. The van der Waals surface area contributed by atoms with Gasteiger partial charge in [-0.15, -0.1) is 0 Å². The third kappa shape index (κ3) is 11.7. The van der Waals surface area contributed by atoms with Crippen LogP contribution in [0, 0.1) is 11.3 Å². The van der Waals surface area contributed by atoms with Crippen molar-refractivity contribution in [2.75, 3.05) is 0 Å². The second-order valence-corrected chi connectivity index (χ2v) is 5.38. The van der Waals surface area contributed by atoms with Crippen LogP contribution in [0.25, 0.3) is 0 Å². The van der Waals surface area contributed by atoms with Gasteiger partial charge in [-0.3, -0.25) is 0 Å². The standard InChI is InChI=1S/C16H31N/c1-4-10-15(2)11-8-6-5-7-9-12-16(3)13-14-17/h13-15,17H,4-12H2,1-3H3/b16-13+,17-14?. The van der Waals surface area contributed by atoms with Gasteiger partial charge in [-0.1, -0.05) is 64.4 Å². The van der Waals surface area contributed by atoms with Crippen LogP contribution in [0.4, 0.5) is 0 Å². The number of nitrogens with one attached hydrogen (secondary N) is 1. The normalized spacial score (nSPS) is 13.7. The first-order valence-electron chi connectivity index (χ1n) is 7.37. The summed E-state index contributed by atoms with van der Waals surface area (Å²) in [5, 5.41) is 6.98. The molecule has 1 N–H and O–H groups in total. The molecule has 0 fully saturated rings. The molecule has 0 aliphatic rings. The molecule has 0 rings (SSSR count). The third-order valence-corrected chi connectivity index (χ3v) is 3.42. The molecule has 0 bridgehead atoms. The summed E-state index contributed by atoms with van der Waals surface area (Å²) < 4.78 is 0. The molecule has 0 aromatic carbocycles. The Morgan fingerprint density at radius 1 is 1.06 bits per heavy atom. The van der Waals surface area contributed by atoms with E-state index in [4.69, 9.17) is 5.41 Å². The summed E-state index contributed by atoms with van der Waals surface area (Å²) in [5.41, 5.74) is 1.34. The average molecular weight is 237 g/mol. The molecule has 0 amide bonds. The molecule has 0 heterocycles. The molecule has 0 saturated carbocycles. The van der Waals surface area contributed by atoms with Crippen molar-refractivity contribution in [3.8, 4) is 0 Å². The van der Waals surface area contributed by atoms with Crippen LogP contribution in [0.15, 0.2) is 11.6 Å². The molecule has 0 aromatic rings. The number of hydrogen-bond donors (Lipinski definition) is 1. The monoisotopic (exact) mass is 237 g/mol. The molecule has 1 nitrogen and oxygen atoms in total. The highest BCUT2D eigenvalue weighted by molar-refractivity contribution is 5.68. The first-order chi connectivity index (χ1) is 8.20. The van der Waals surface area contributed by atoms with Gasteiger partial charge >= 0.3 is 0 Å². The van der Waals surface area contributed by atoms with Crippen LogP contribution in [0.2, 0.25) is 0 Å². The SMILES string of the molecule is CCCC(C)CCCCCCC/C(C)=C/C=N. The van der Waals surface area contributed by atoms with Gasteiger partial charge in [-0.25, -0.2) is 0 Å². The topological polar surface area (TPSA) is 23.9 Å². The Hall–Kier alpha value is -0.590. The summed E-state index contributed by atoms with van der Waals surface area (Å²) in [6.45, 7) is 6.78. The Balaban J connectivity index is 3.24. The highest BCUT2D eigenvalue weighted by Gasteiger charge is 1.99. The maximum atomic E-state index is 6.98. The highest BCUT2D eigenvalue weighted by Crippen LogP contribution is 2.16. The van der Waals surface area contributed by atoms with Gasteiger partial charge in [0.1, 0.15) is 0 Å². The van der Waals surface area contributed by atoms with E-state index < -0.39 is 0 Å². The van der Waals surface area contributed by atoms with E-state index in [1.165, 1.54) is 69.6 Å². The zero-order chi connectivity index (χ0) is 12.9. The average Bonchev–Trinajstić information content (AvgIpc) is 2.28. The van der Waals surface area contributed by atoms with E-state index in [1.807, 2.05) is 6.08 Å². The minimum atomic E-state index is 0.928. The smallest absolute Gasteiger partial charge is 0.0177 e. The molecule has 1 atom stereocenters. The van der Waals surface area contributed by atoms with E-state index in [0.29, 0.717) is 0 Å². The van der Waals surface area contributed by atoms with Crippen LogP contribution in [-0.2, 0) is 0 Å². The van der Waals surface area contributed by atoms with E-state index in [9.17, 15) is 0 Å². The van der Waals surface area contributed by atoms with Crippen molar-refractivity contribution >= 4 is 6.21 Å². The summed E-state index contributed by atoms with van der Waals surface area (Å²) in [6, 6.07) is 0. The van der Waals surface area contributed by atoms with Crippen LogP contribution in [0.5, 0.6) is 0 Å². The summed E-state index contributed by atoms with van der Waals surface area (Å²) >= 11 is 0. The number of unbranched alkanes of at least 4 members (excludes halogenated alkanes) is 4. The van der Waals surface area contributed by atoms with E-state index in [-0.39, 0.29) is 0 Å². The molecule has 1 heteroatoms. The molecule has 0 spiro atoms. The maximum Gasteiger partial charge on any atom is 0.0177 e. The van der Waals surface area contributed by atoms with E-state index >= 15 is 0 Å². The molecule has 1 unspecified atom stereocenters. The summed E-state index contributed by atoms with van der Waals surface area (Å²) in [7, 11) is 0. The number of hydrogen-bond acceptors (Lipinski definition) is 1. The van der Waals surface area contributed by atoms with Gasteiger partial charge in [-0.05, 0) is 31.8 Å². The minimum Gasteiger partial charge on any atom is -0.309 e. The Morgan fingerprint density at radius 2 is 1.71 bits per heavy atom. The lowest BCUT2D eigenvalue weighted by atomic mass is 9.98. The van der Waals surface area contributed by atoms with Crippen LogP contribution in [-0.4, -0.2) is 6.21 Å². The van der Waals surface area contributed by atoms with Gasteiger partial charge in [0, 0.05) is 6.21 Å². The molecule has 17 heavy (non-hydrogen) atoms. The van der Waals surface area contributed by atoms with Crippen molar-refractivity contribution in [3.63, 3.8) is 0 Å². The van der Waals surface area contributed by atoms with Crippen LogP contribution in [0.3, 0.4) is 0 Å². The zero-order valence-corrected chi connectivity index (χ0v) is 12.1. The van der Waals surface area contributed by atoms with Gasteiger partial charge in [0.25, 0.3) is 0 Å². The molecule has 0 aromatic heterocycles. The number of rotatable bonds is 11. The van der Waals surface area contributed by atoms with Gasteiger partial charge in [0.2, 0.25) is 0 Å². The quantitative estimate of drug-likeness (QED) is 0.349. The minimum absolute atomic E-state index is 0.928. The third-order valence-electron chi connectivity index (χ3n) is 3.42. The summed E-state index contributed by atoms with van der Waals surface area (Å²) in [6.07, 6.45) is 15.5. The van der Waals surface area contributed by atoms with Crippen molar-refractivity contribution in [2.24, 2.45) is 5.92 Å². The lowest BCUT2D eigenvalue weighted by Gasteiger charge is -2.09. The Labute approximate surface area is 108 Å². The highest BCUT2D eigenvalue weighted by atomic mass is 14.3. The molecular formula is C16H31N. The summed E-state index contributed by atoms with van der Waals surface area (Å²) in [4.78, 5) is 0. The van der Waals surface area contributed by atoms with Crippen LogP contribution in [0.1, 0.15) is 78.6 Å². The van der Waals surface area contributed by atoms with Gasteiger partial charge in [0.05, 0.1) is 0 Å². The largest absolute Gasteiger partial charge is 0.309 e. The first kappa shape index (κ1) is 16.4. The molecule has 0 saturated heterocycles. The lowest BCUT2D eigenvalue weighted by Crippen LogP contribution is -1.93. The molecule has 100 valence electrons. The van der Waals surface area contributed by atoms with Gasteiger partial charge < -0.3 is 5.41 Å². The van der Waals surface area contributed by atoms with E-state index in [2.05, 4.69) is 20.8 Å². The van der Waals surface area contributed by atoms with Crippen molar-refractivity contribution in [1.82, 2.24) is 0 Å². The second-order valence-electron chi connectivity index (χ2n) is 5.38. The Bertz CT molecular complexity index is 206. The van der Waals surface area contributed by atoms with Crippen LogP contribution >= 0.6 is 0 Å². The fourth-order valence-electron chi connectivity index (χ4n) is 2.29. The van der Waals surface area contributed by atoms with E-state index in [1.54, 1.807) is 0 Å². The fourth-order valence-corrected chi connectivity index (χ4v) is 2.29. The fraction of sp³-hybridized carbons (Fsp3) is 0.812. The first-order valence-corrected chi connectivity index (χ1v) is 7.37. The van der Waals surface area contributed by atoms with Crippen molar-refractivity contribution in [2.45, 2.75) is 78.6 Å². The van der Waals surface area contributed by atoms with Crippen molar-refractivity contribution < 1.29 is 0 Å². The van der Waals surface area contributed by atoms with Crippen LogP contribution < -0.4 is 0 Å². The number of allylic oxidation sites excluding steroid dienone is 2. The van der Waals surface area contributed by atoms with Crippen molar-refractivity contribution in [3.05, 3.63) is 11.6 Å². The Morgan fingerprint density at radius 3 is 2.35 bits per heavy atom. The predicted molar refractivity (Wildman–Crippen MR) is 78.9 cm³/mol. The molecule has 0 radical (unpaired) electrons. The lowest BCUT2D eigenvalue weighted by molar-refractivity contribution is 0.452. The van der Waals surface area contributed by atoms with Crippen molar-refractivity contribution in [1.29, 1.82) is 5.41 Å². The molecular weight excluding hydrogens is 206 g/mol. The van der Waals surface area contributed by atoms with Gasteiger partial charge in [-0.2, -0.15) is 0 Å². The summed E-state index contributed by atoms with van der Waals surface area (Å²) in [5.74, 6) is 0.928. The molecule has 0 aliphatic carbocycles. The van der Waals surface area contributed by atoms with E-state index in [0.717, 1.165) is 5.92 Å². The predicted octanol–water partition coefficient (Wildman–Crippen LogP) is 5.75.